The Labute approximate surface area is 113 Å². The van der Waals surface area contributed by atoms with Crippen LogP contribution in [-0.2, 0) is 4.74 Å². The van der Waals surface area contributed by atoms with Crippen LogP contribution in [0.3, 0.4) is 0 Å². The van der Waals surface area contributed by atoms with Gasteiger partial charge in [-0.2, -0.15) is 0 Å². The summed E-state index contributed by atoms with van der Waals surface area (Å²) in [4.78, 5) is 25.4. The summed E-state index contributed by atoms with van der Waals surface area (Å²) in [7, 11) is 0. The second kappa shape index (κ2) is 6.40. The molecule has 7 heteroatoms. The predicted molar refractivity (Wildman–Crippen MR) is 72.3 cm³/mol. The molecule has 0 unspecified atom stereocenters. The molecule has 0 fully saturated rings. The lowest BCUT2D eigenvalue weighted by Crippen LogP contribution is -2.46. The fraction of sp³-hybridized carbons (Fsp3) is 0.750. The Morgan fingerprint density at radius 1 is 1.16 bits per heavy atom. The summed E-state index contributed by atoms with van der Waals surface area (Å²) in [5, 5.41) is 13.7. The van der Waals surface area contributed by atoms with Gasteiger partial charge in [0.25, 0.3) is 0 Å². The standard InChI is InChI=1S/C12H23N3O4/c1-11(2,3)7-13-8(14-9(16)17)15-10(18)19-12(4,5)6/h7H2,1-6H3,(H,16,17)(H2,13,14,15,18). The average Bonchev–Trinajstić information content (AvgIpc) is 2.08. The van der Waals surface area contributed by atoms with Gasteiger partial charge in [0, 0.05) is 6.54 Å². The maximum absolute atomic E-state index is 11.5. The van der Waals surface area contributed by atoms with E-state index in [-0.39, 0.29) is 11.4 Å². The minimum atomic E-state index is -1.40. The average molecular weight is 273 g/mol. The lowest BCUT2D eigenvalue weighted by Gasteiger charge is -2.22. The molecule has 19 heavy (non-hydrogen) atoms. The van der Waals surface area contributed by atoms with Crippen LogP contribution in [0.2, 0.25) is 0 Å². The fourth-order valence-corrected chi connectivity index (χ4v) is 0.956. The maximum Gasteiger partial charge on any atom is 0.434 e. The molecule has 7 nitrogen and oxygen atoms in total. The molecule has 0 spiro atoms. The third-order valence-corrected chi connectivity index (χ3v) is 1.61. The van der Waals surface area contributed by atoms with Crippen LogP contribution in [0.15, 0.2) is 4.99 Å². The van der Waals surface area contributed by atoms with Crippen molar-refractivity contribution in [2.75, 3.05) is 6.54 Å². The largest absolute Gasteiger partial charge is 0.463 e. The molecule has 0 saturated carbocycles. The van der Waals surface area contributed by atoms with E-state index < -0.39 is 17.8 Å². The molecule has 0 aliphatic rings. The van der Waals surface area contributed by atoms with Crippen molar-refractivity contribution in [1.82, 2.24) is 10.6 Å². The van der Waals surface area contributed by atoms with Crippen molar-refractivity contribution >= 4 is 18.1 Å². The number of hydrogen-bond donors (Lipinski definition) is 3. The van der Waals surface area contributed by atoms with Crippen molar-refractivity contribution in [2.24, 2.45) is 10.4 Å². The van der Waals surface area contributed by atoms with Gasteiger partial charge in [-0.3, -0.25) is 5.32 Å². The van der Waals surface area contributed by atoms with Gasteiger partial charge in [0.05, 0.1) is 0 Å². The zero-order valence-electron chi connectivity index (χ0n) is 12.3. The van der Waals surface area contributed by atoms with E-state index in [4.69, 9.17) is 9.84 Å². The van der Waals surface area contributed by atoms with Crippen molar-refractivity contribution in [3.8, 4) is 0 Å². The monoisotopic (exact) mass is 273 g/mol. The molecule has 0 aromatic rings. The van der Waals surface area contributed by atoms with Crippen LogP contribution in [0.25, 0.3) is 0 Å². The van der Waals surface area contributed by atoms with Crippen LogP contribution < -0.4 is 10.6 Å². The topological polar surface area (TPSA) is 100 Å². The number of aliphatic imine (C=N–C) groups is 1. The van der Waals surface area contributed by atoms with Crippen molar-refractivity contribution < 1.29 is 19.4 Å². The Morgan fingerprint density at radius 2 is 1.68 bits per heavy atom. The highest BCUT2D eigenvalue weighted by molar-refractivity contribution is 5.98. The van der Waals surface area contributed by atoms with Crippen molar-refractivity contribution in [3.05, 3.63) is 0 Å². The third kappa shape index (κ3) is 11.1. The zero-order valence-corrected chi connectivity index (χ0v) is 12.3. The highest BCUT2D eigenvalue weighted by Gasteiger charge is 2.19. The molecule has 0 rings (SSSR count). The summed E-state index contributed by atoms with van der Waals surface area (Å²) in [5.41, 5.74) is -0.753. The summed E-state index contributed by atoms with van der Waals surface area (Å²) in [6.45, 7) is 11.5. The quantitative estimate of drug-likeness (QED) is 0.502. The summed E-state index contributed by atoms with van der Waals surface area (Å²) >= 11 is 0. The predicted octanol–water partition coefficient (Wildman–Crippen LogP) is 2.18. The van der Waals surface area contributed by atoms with Gasteiger partial charge in [0.2, 0.25) is 5.96 Å². The molecule has 0 heterocycles. The first-order valence-electron chi connectivity index (χ1n) is 5.94. The number of guanidine groups is 1. The van der Waals surface area contributed by atoms with E-state index in [0.29, 0.717) is 6.54 Å². The molecule has 2 amide bonds. The van der Waals surface area contributed by atoms with Crippen LogP contribution in [-0.4, -0.2) is 35.4 Å². The second-order valence-electron chi connectivity index (χ2n) is 6.28. The smallest absolute Gasteiger partial charge is 0.434 e. The number of carboxylic acid groups (broad SMARTS) is 1. The number of alkyl carbamates (subject to hydrolysis) is 1. The SMILES string of the molecule is CC(C)(C)CN/C(=N\C(=O)O)NC(=O)OC(C)(C)C. The lowest BCUT2D eigenvalue weighted by molar-refractivity contribution is 0.0561. The second-order valence-corrected chi connectivity index (χ2v) is 6.28. The number of nitrogens with one attached hydrogen (secondary N) is 2. The zero-order chi connectivity index (χ0) is 15.3. The third-order valence-electron chi connectivity index (χ3n) is 1.61. The number of rotatable bonds is 1. The molecule has 0 aliphatic carbocycles. The van der Waals surface area contributed by atoms with E-state index in [2.05, 4.69) is 15.6 Å². The summed E-state index contributed by atoms with van der Waals surface area (Å²) in [5.74, 6) is -0.142. The van der Waals surface area contributed by atoms with Crippen LogP contribution in [0, 0.1) is 5.41 Å². The number of nitrogens with zero attached hydrogens (tertiary/aromatic N) is 1. The number of carbonyl (C=O) groups excluding carboxylic acids is 1. The van der Waals surface area contributed by atoms with Crippen molar-refractivity contribution in [2.45, 2.75) is 47.1 Å². The van der Waals surface area contributed by atoms with Crippen LogP contribution in [0.1, 0.15) is 41.5 Å². The number of ether oxygens (including phenoxy) is 1. The Hall–Kier alpha value is -1.79. The minimum absolute atomic E-state index is 0.0884. The van der Waals surface area contributed by atoms with E-state index >= 15 is 0 Å². The van der Waals surface area contributed by atoms with Crippen molar-refractivity contribution in [3.63, 3.8) is 0 Å². The Balaban J connectivity index is 4.62. The molecule has 110 valence electrons. The van der Waals surface area contributed by atoms with Gasteiger partial charge in [-0.25, -0.2) is 9.59 Å². The highest BCUT2D eigenvalue weighted by atomic mass is 16.6. The van der Waals surface area contributed by atoms with E-state index in [0.717, 1.165) is 0 Å². The van der Waals surface area contributed by atoms with Crippen LogP contribution in [0.5, 0.6) is 0 Å². The maximum atomic E-state index is 11.5. The van der Waals surface area contributed by atoms with Gasteiger partial charge in [-0.15, -0.1) is 4.99 Å². The Morgan fingerprint density at radius 3 is 2.05 bits per heavy atom. The van der Waals surface area contributed by atoms with Gasteiger partial charge in [-0.1, -0.05) is 20.8 Å². The summed E-state index contributed by atoms with van der Waals surface area (Å²) in [6.07, 6.45) is -2.15. The first-order valence-corrected chi connectivity index (χ1v) is 5.94. The van der Waals surface area contributed by atoms with Crippen LogP contribution >= 0.6 is 0 Å². The van der Waals surface area contributed by atoms with Gasteiger partial charge >= 0.3 is 12.2 Å². The molecular formula is C12H23N3O4. The Kier molecular flexibility index (Phi) is 5.80. The molecule has 3 N–H and O–H groups in total. The molecule has 0 atom stereocenters. The van der Waals surface area contributed by atoms with E-state index in [1.165, 1.54) is 0 Å². The molecule has 0 aromatic heterocycles. The number of carbonyl (C=O) groups is 2. The number of amides is 2. The van der Waals surface area contributed by atoms with E-state index in [1.54, 1.807) is 20.8 Å². The number of hydrogen-bond acceptors (Lipinski definition) is 3. The molecular weight excluding hydrogens is 250 g/mol. The Bertz CT molecular complexity index is 364. The molecule has 0 aromatic carbocycles. The van der Waals surface area contributed by atoms with Crippen LogP contribution in [0.4, 0.5) is 9.59 Å². The minimum Gasteiger partial charge on any atom is -0.463 e. The van der Waals surface area contributed by atoms with Gasteiger partial charge in [0.1, 0.15) is 5.60 Å². The van der Waals surface area contributed by atoms with Crippen molar-refractivity contribution in [1.29, 1.82) is 0 Å². The normalized spacial score (nSPS) is 12.8. The summed E-state index contributed by atoms with van der Waals surface area (Å²) < 4.78 is 5.02. The highest BCUT2D eigenvalue weighted by Crippen LogP contribution is 2.10. The summed E-state index contributed by atoms with van der Waals surface area (Å²) in [6, 6.07) is 0. The lowest BCUT2D eigenvalue weighted by atomic mass is 9.97. The molecule has 0 radical (unpaired) electrons. The molecule has 0 bridgehead atoms. The van der Waals surface area contributed by atoms with Gasteiger partial charge < -0.3 is 15.2 Å². The van der Waals surface area contributed by atoms with Gasteiger partial charge in [0.15, 0.2) is 0 Å². The fourth-order valence-electron chi connectivity index (χ4n) is 0.956. The molecule has 0 aliphatic heterocycles. The van der Waals surface area contributed by atoms with E-state index in [9.17, 15) is 9.59 Å². The first kappa shape index (κ1) is 17.2. The first-order chi connectivity index (χ1) is 8.39. The van der Waals surface area contributed by atoms with E-state index in [1.807, 2.05) is 20.8 Å². The molecule has 0 saturated heterocycles. The van der Waals surface area contributed by atoms with Gasteiger partial charge in [-0.05, 0) is 26.2 Å².